The third-order valence-corrected chi connectivity index (χ3v) is 2.54. The van der Waals surface area contributed by atoms with Crippen LogP contribution in [-0.4, -0.2) is 6.54 Å². The summed E-state index contributed by atoms with van der Waals surface area (Å²) in [5.41, 5.74) is 4.66. The molecular formula is C14H21F4N. The van der Waals surface area contributed by atoms with Crippen LogP contribution < -0.4 is 5.73 Å². The van der Waals surface area contributed by atoms with Crippen LogP contribution in [0.3, 0.4) is 0 Å². The number of hydrogen-bond donors (Lipinski definition) is 1. The standard InChI is InChI=1S/C12H15F4N.C2H6/c1-8-6-9(4-2-3-5-17)7-10(11(8)13)12(14,15)16;1-2/h6-7H,2-5,17H2,1H3;1-2H3. The minimum atomic E-state index is -4.64. The van der Waals surface area contributed by atoms with E-state index in [-0.39, 0.29) is 5.56 Å². The fraction of sp³-hybridized carbons (Fsp3) is 0.571. The molecule has 2 N–H and O–H groups in total. The molecule has 0 fully saturated rings. The Balaban J connectivity index is 0.00000154. The molecule has 1 rings (SSSR count). The van der Waals surface area contributed by atoms with E-state index in [4.69, 9.17) is 5.73 Å². The van der Waals surface area contributed by atoms with Crippen molar-refractivity contribution in [3.8, 4) is 0 Å². The van der Waals surface area contributed by atoms with Gasteiger partial charge in [0.05, 0.1) is 5.56 Å². The molecule has 1 aromatic rings. The molecule has 0 aliphatic rings. The van der Waals surface area contributed by atoms with Gasteiger partial charge in [0.25, 0.3) is 0 Å². The number of halogens is 4. The van der Waals surface area contributed by atoms with Crippen LogP contribution in [-0.2, 0) is 12.6 Å². The number of aryl methyl sites for hydroxylation is 2. The monoisotopic (exact) mass is 279 g/mol. The third kappa shape index (κ3) is 5.59. The summed E-state index contributed by atoms with van der Waals surface area (Å²) in [6.45, 7) is 5.85. The van der Waals surface area contributed by atoms with Crippen LogP contribution in [0.5, 0.6) is 0 Å². The van der Waals surface area contributed by atoms with Crippen LogP contribution in [0.1, 0.15) is 43.4 Å². The van der Waals surface area contributed by atoms with E-state index < -0.39 is 17.6 Å². The normalized spacial score (nSPS) is 10.9. The largest absolute Gasteiger partial charge is 0.419 e. The minimum Gasteiger partial charge on any atom is -0.330 e. The topological polar surface area (TPSA) is 26.0 Å². The van der Waals surface area contributed by atoms with Crippen molar-refractivity contribution in [3.63, 3.8) is 0 Å². The molecule has 0 amide bonds. The van der Waals surface area contributed by atoms with Crippen LogP contribution in [0.25, 0.3) is 0 Å². The fourth-order valence-electron chi connectivity index (χ4n) is 1.67. The van der Waals surface area contributed by atoms with Gasteiger partial charge in [-0.15, -0.1) is 0 Å². The molecule has 0 spiro atoms. The van der Waals surface area contributed by atoms with Crippen LogP contribution in [0.2, 0.25) is 0 Å². The van der Waals surface area contributed by atoms with E-state index in [0.717, 1.165) is 12.5 Å². The number of nitrogens with two attached hydrogens (primary N) is 1. The molecule has 110 valence electrons. The van der Waals surface area contributed by atoms with E-state index in [2.05, 4.69) is 0 Å². The van der Waals surface area contributed by atoms with Crippen LogP contribution >= 0.6 is 0 Å². The summed E-state index contributed by atoms with van der Waals surface area (Å²) in [6.07, 6.45) is -2.70. The Labute approximate surface area is 111 Å². The van der Waals surface area contributed by atoms with E-state index in [1.165, 1.54) is 13.0 Å². The highest BCUT2D eigenvalue weighted by Gasteiger charge is 2.34. The zero-order chi connectivity index (χ0) is 15.1. The lowest BCUT2D eigenvalue weighted by atomic mass is 10.0. The third-order valence-electron chi connectivity index (χ3n) is 2.54. The first-order valence-electron chi connectivity index (χ1n) is 6.42. The zero-order valence-electron chi connectivity index (χ0n) is 11.6. The highest BCUT2D eigenvalue weighted by atomic mass is 19.4. The molecule has 1 nitrogen and oxygen atoms in total. The molecule has 0 aliphatic carbocycles. The molecule has 0 saturated heterocycles. The number of alkyl halides is 3. The van der Waals surface area contributed by atoms with Gasteiger partial charge in [-0.25, -0.2) is 4.39 Å². The Morgan fingerprint density at radius 2 is 1.68 bits per heavy atom. The van der Waals surface area contributed by atoms with Gasteiger partial charge in [0, 0.05) is 0 Å². The van der Waals surface area contributed by atoms with Crippen LogP contribution in [0.4, 0.5) is 17.6 Å². The van der Waals surface area contributed by atoms with Gasteiger partial charge < -0.3 is 5.73 Å². The van der Waals surface area contributed by atoms with Gasteiger partial charge in [0.1, 0.15) is 5.82 Å². The maximum atomic E-state index is 13.3. The summed E-state index contributed by atoms with van der Waals surface area (Å²) < 4.78 is 50.9. The molecule has 0 aromatic heterocycles. The van der Waals surface area contributed by atoms with Crippen molar-refractivity contribution in [3.05, 3.63) is 34.6 Å². The second-order valence-corrected chi connectivity index (χ2v) is 4.02. The summed E-state index contributed by atoms with van der Waals surface area (Å²) in [6, 6.07) is 2.35. The summed E-state index contributed by atoms with van der Waals surface area (Å²) in [5, 5.41) is 0. The molecule has 5 heteroatoms. The van der Waals surface area contributed by atoms with Gasteiger partial charge in [-0.2, -0.15) is 13.2 Å². The van der Waals surface area contributed by atoms with E-state index in [1.807, 2.05) is 13.8 Å². The average Bonchev–Trinajstić information content (AvgIpc) is 2.35. The molecule has 0 heterocycles. The summed E-state index contributed by atoms with van der Waals surface area (Å²) in [7, 11) is 0. The highest BCUT2D eigenvalue weighted by Crippen LogP contribution is 2.33. The van der Waals surface area contributed by atoms with Crippen molar-refractivity contribution < 1.29 is 17.6 Å². The Kier molecular flexibility index (Phi) is 7.68. The predicted molar refractivity (Wildman–Crippen MR) is 69.5 cm³/mol. The van der Waals surface area contributed by atoms with E-state index in [9.17, 15) is 17.6 Å². The van der Waals surface area contributed by atoms with Crippen molar-refractivity contribution in [1.29, 1.82) is 0 Å². The Bertz CT molecular complexity index is 386. The second-order valence-electron chi connectivity index (χ2n) is 4.02. The molecule has 19 heavy (non-hydrogen) atoms. The van der Waals surface area contributed by atoms with Gasteiger partial charge in [-0.3, -0.25) is 0 Å². The van der Waals surface area contributed by atoms with Crippen molar-refractivity contribution in [2.45, 2.75) is 46.2 Å². The van der Waals surface area contributed by atoms with Crippen molar-refractivity contribution in [1.82, 2.24) is 0 Å². The number of hydrogen-bond acceptors (Lipinski definition) is 1. The minimum absolute atomic E-state index is 0.0302. The molecule has 0 unspecified atom stereocenters. The van der Waals surface area contributed by atoms with Gasteiger partial charge in [-0.1, -0.05) is 19.9 Å². The lowest BCUT2D eigenvalue weighted by molar-refractivity contribution is -0.140. The van der Waals surface area contributed by atoms with Crippen LogP contribution in [0, 0.1) is 12.7 Å². The van der Waals surface area contributed by atoms with Crippen molar-refractivity contribution in [2.24, 2.45) is 5.73 Å². The molecule has 0 atom stereocenters. The van der Waals surface area contributed by atoms with Gasteiger partial charge in [0.2, 0.25) is 0 Å². The molecular weight excluding hydrogens is 258 g/mol. The smallest absolute Gasteiger partial charge is 0.330 e. The SMILES string of the molecule is CC.Cc1cc(CCCCN)cc(C(F)(F)F)c1F. The number of rotatable bonds is 4. The molecule has 0 aliphatic heterocycles. The quantitative estimate of drug-likeness (QED) is 0.639. The van der Waals surface area contributed by atoms with Gasteiger partial charge in [-0.05, 0) is 49.9 Å². The first-order valence-corrected chi connectivity index (χ1v) is 6.42. The summed E-state index contributed by atoms with van der Waals surface area (Å²) in [5.74, 6) is -1.18. The first-order chi connectivity index (χ1) is 8.86. The maximum absolute atomic E-state index is 13.3. The molecule has 0 bridgehead atoms. The van der Waals surface area contributed by atoms with Gasteiger partial charge >= 0.3 is 6.18 Å². The molecule has 0 saturated carbocycles. The first kappa shape index (κ1) is 17.9. The van der Waals surface area contributed by atoms with Gasteiger partial charge in [0.15, 0.2) is 0 Å². The highest BCUT2D eigenvalue weighted by molar-refractivity contribution is 5.33. The Morgan fingerprint density at radius 3 is 2.16 bits per heavy atom. The number of benzene rings is 1. The Hall–Kier alpha value is -1.10. The van der Waals surface area contributed by atoms with E-state index in [0.29, 0.717) is 24.9 Å². The fourth-order valence-corrected chi connectivity index (χ4v) is 1.67. The van der Waals surface area contributed by atoms with Crippen LogP contribution in [0.15, 0.2) is 12.1 Å². The lowest BCUT2D eigenvalue weighted by Crippen LogP contribution is -2.10. The lowest BCUT2D eigenvalue weighted by Gasteiger charge is -2.12. The molecule has 1 aromatic carbocycles. The summed E-state index contributed by atoms with van der Waals surface area (Å²) >= 11 is 0. The van der Waals surface area contributed by atoms with E-state index >= 15 is 0 Å². The molecule has 0 radical (unpaired) electrons. The average molecular weight is 279 g/mol. The van der Waals surface area contributed by atoms with Crippen molar-refractivity contribution >= 4 is 0 Å². The maximum Gasteiger partial charge on any atom is 0.419 e. The number of unbranched alkanes of at least 4 members (excludes halogenated alkanes) is 1. The Morgan fingerprint density at radius 1 is 1.11 bits per heavy atom. The van der Waals surface area contributed by atoms with E-state index in [1.54, 1.807) is 0 Å². The van der Waals surface area contributed by atoms with Crippen molar-refractivity contribution in [2.75, 3.05) is 6.54 Å². The second kappa shape index (κ2) is 8.15. The zero-order valence-corrected chi connectivity index (χ0v) is 11.6. The summed E-state index contributed by atoms with van der Waals surface area (Å²) in [4.78, 5) is 0. The predicted octanol–water partition coefficient (Wildman–Crippen LogP) is 4.46.